The van der Waals surface area contributed by atoms with E-state index in [-0.39, 0.29) is 22.3 Å². The van der Waals surface area contributed by atoms with Gasteiger partial charge in [-0.15, -0.1) is 0 Å². The molecule has 7 heteroatoms. The second-order valence-corrected chi connectivity index (χ2v) is 6.35. The number of halogens is 1. The van der Waals surface area contributed by atoms with E-state index in [1.807, 2.05) is 49.4 Å². The van der Waals surface area contributed by atoms with E-state index in [2.05, 4.69) is 19.9 Å². The minimum atomic E-state index is -0.370. The molecule has 3 aromatic heterocycles. The van der Waals surface area contributed by atoms with Gasteiger partial charge in [0.05, 0.1) is 11.4 Å². The minimum Gasteiger partial charge on any atom is -0.329 e. The first kappa shape index (κ1) is 16.9. The lowest BCUT2D eigenvalue weighted by molar-refractivity contribution is 1.17. The maximum absolute atomic E-state index is 12.4. The SMILES string of the molecule is Cc1cc(-c2nc3c(=O)cc(C#N)[nH]c3nc2-c2ccccc2)cc(Cl)n1. The van der Waals surface area contributed by atoms with Crippen molar-refractivity contribution in [2.75, 3.05) is 0 Å². The van der Waals surface area contributed by atoms with Crippen LogP contribution in [0.1, 0.15) is 11.4 Å². The summed E-state index contributed by atoms with van der Waals surface area (Å²) in [6.07, 6.45) is 0. The average molecular weight is 374 g/mol. The number of H-pyrrole nitrogens is 1. The van der Waals surface area contributed by atoms with Crippen LogP contribution in [-0.2, 0) is 0 Å². The molecule has 0 aliphatic rings. The van der Waals surface area contributed by atoms with Gasteiger partial charge in [0.25, 0.3) is 0 Å². The van der Waals surface area contributed by atoms with Crippen LogP contribution in [-0.4, -0.2) is 19.9 Å². The first-order chi connectivity index (χ1) is 13.0. The maximum atomic E-state index is 12.4. The second-order valence-electron chi connectivity index (χ2n) is 5.96. The zero-order valence-electron chi connectivity index (χ0n) is 14.2. The van der Waals surface area contributed by atoms with Crippen LogP contribution in [0.3, 0.4) is 0 Å². The molecule has 27 heavy (non-hydrogen) atoms. The van der Waals surface area contributed by atoms with E-state index in [1.54, 1.807) is 6.07 Å². The van der Waals surface area contributed by atoms with E-state index in [0.29, 0.717) is 22.1 Å². The number of hydrogen-bond donors (Lipinski definition) is 1. The van der Waals surface area contributed by atoms with E-state index in [1.165, 1.54) is 6.07 Å². The lowest BCUT2D eigenvalue weighted by Gasteiger charge is -2.11. The van der Waals surface area contributed by atoms with Crippen molar-refractivity contribution in [2.24, 2.45) is 0 Å². The Balaban J connectivity index is 2.11. The number of aromatic nitrogens is 4. The van der Waals surface area contributed by atoms with Crippen molar-refractivity contribution >= 4 is 22.8 Å². The fourth-order valence-corrected chi connectivity index (χ4v) is 3.13. The molecule has 1 aromatic carbocycles. The molecule has 0 aliphatic heterocycles. The second kappa shape index (κ2) is 6.63. The highest BCUT2D eigenvalue weighted by molar-refractivity contribution is 6.29. The van der Waals surface area contributed by atoms with Crippen LogP contribution in [0.2, 0.25) is 5.15 Å². The van der Waals surface area contributed by atoms with Crippen LogP contribution in [0.15, 0.2) is 53.3 Å². The molecule has 6 nitrogen and oxygen atoms in total. The number of hydrogen-bond acceptors (Lipinski definition) is 5. The molecule has 0 amide bonds. The largest absolute Gasteiger partial charge is 0.329 e. The molecule has 130 valence electrons. The summed E-state index contributed by atoms with van der Waals surface area (Å²) in [4.78, 5) is 28.6. The number of nitrogens with one attached hydrogen (secondary N) is 1. The van der Waals surface area contributed by atoms with E-state index < -0.39 is 0 Å². The molecule has 0 radical (unpaired) electrons. The van der Waals surface area contributed by atoms with Gasteiger partial charge in [0, 0.05) is 22.9 Å². The molecule has 4 aromatic rings. The lowest BCUT2D eigenvalue weighted by atomic mass is 10.0. The number of nitriles is 1. The number of fused-ring (bicyclic) bond motifs is 1. The van der Waals surface area contributed by atoms with Crippen molar-refractivity contribution in [3.63, 3.8) is 0 Å². The minimum absolute atomic E-state index is 0.136. The predicted octanol–water partition coefficient (Wildman–Crippen LogP) is 3.88. The first-order valence-corrected chi connectivity index (χ1v) is 8.48. The number of aromatic amines is 1. The zero-order chi connectivity index (χ0) is 19.0. The Morgan fingerprint density at radius 1 is 1.00 bits per heavy atom. The summed E-state index contributed by atoms with van der Waals surface area (Å²) in [7, 11) is 0. The number of pyridine rings is 2. The highest BCUT2D eigenvalue weighted by Gasteiger charge is 2.16. The van der Waals surface area contributed by atoms with Gasteiger partial charge in [-0.05, 0) is 19.1 Å². The van der Waals surface area contributed by atoms with E-state index in [4.69, 9.17) is 16.9 Å². The van der Waals surface area contributed by atoms with Gasteiger partial charge in [0.1, 0.15) is 16.9 Å². The summed E-state index contributed by atoms with van der Waals surface area (Å²) >= 11 is 6.12. The summed E-state index contributed by atoms with van der Waals surface area (Å²) in [6, 6.07) is 16.2. The number of nitrogens with zero attached hydrogens (tertiary/aromatic N) is 4. The van der Waals surface area contributed by atoms with Gasteiger partial charge in [0.2, 0.25) is 5.43 Å². The van der Waals surface area contributed by atoms with E-state index >= 15 is 0 Å². The summed E-state index contributed by atoms with van der Waals surface area (Å²) in [5.41, 5.74) is 3.56. The van der Waals surface area contributed by atoms with Gasteiger partial charge in [-0.25, -0.2) is 15.0 Å². The zero-order valence-corrected chi connectivity index (χ0v) is 14.9. The normalized spacial score (nSPS) is 10.7. The monoisotopic (exact) mass is 373 g/mol. The molecular formula is C20H12ClN5O. The molecule has 4 rings (SSSR count). The molecule has 0 bridgehead atoms. The average Bonchev–Trinajstić information content (AvgIpc) is 2.67. The Morgan fingerprint density at radius 3 is 2.44 bits per heavy atom. The van der Waals surface area contributed by atoms with Crippen molar-refractivity contribution in [1.82, 2.24) is 19.9 Å². The summed E-state index contributed by atoms with van der Waals surface area (Å²) < 4.78 is 0. The molecule has 1 N–H and O–H groups in total. The highest BCUT2D eigenvalue weighted by atomic mass is 35.5. The number of benzene rings is 1. The number of aryl methyl sites for hydroxylation is 1. The van der Waals surface area contributed by atoms with Crippen molar-refractivity contribution < 1.29 is 0 Å². The summed E-state index contributed by atoms with van der Waals surface area (Å²) in [6.45, 7) is 1.83. The molecule has 0 saturated heterocycles. The highest BCUT2D eigenvalue weighted by Crippen LogP contribution is 2.31. The van der Waals surface area contributed by atoms with Crippen LogP contribution in [0.5, 0.6) is 0 Å². The van der Waals surface area contributed by atoms with Gasteiger partial charge in [-0.2, -0.15) is 5.26 Å². The molecular weight excluding hydrogens is 362 g/mol. The Labute approximate surface area is 159 Å². The van der Waals surface area contributed by atoms with E-state index in [9.17, 15) is 4.79 Å². The van der Waals surface area contributed by atoms with Crippen molar-refractivity contribution in [2.45, 2.75) is 6.92 Å². The fourth-order valence-electron chi connectivity index (χ4n) is 2.88. The van der Waals surface area contributed by atoms with Gasteiger partial charge >= 0.3 is 0 Å². The van der Waals surface area contributed by atoms with Crippen LogP contribution in [0, 0.1) is 18.3 Å². The Morgan fingerprint density at radius 2 is 1.74 bits per heavy atom. The molecule has 0 saturated carbocycles. The third-order valence-corrected chi connectivity index (χ3v) is 4.21. The van der Waals surface area contributed by atoms with Gasteiger partial charge in [-0.3, -0.25) is 4.79 Å². The summed E-state index contributed by atoms with van der Waals surface area (Å²) in [5.74, 6) is 0. The smallest absolute Gasteiger partial charge is 0.210 e. The van der Waals surface area contributed by atoms with Crippen LogP contribution < -0.4 is 5.43 Å². The Bertz CT molecular complexity index is 1260. The molecule has 0 aliphatic carbocycles. The summed E-state index contributed by atoms with van der Waals surface area (Å²) in [5, 5.41) is 9.44. The third-order valence-electron chi connectivity index (χ3n) is 4.02. The van der Waals surface area contributed by atoms with E-state index in [0.717, 1.165) is 11.3 Å². The van der Waals surface area contributed by atoms with Crippen LogP contribution in [0.25, 0.3) is 33.7 Å². The molecule has 0 spiro atoms. The lowest BCUT2D eigenvalue weighted by Crippen LogP contribution is -2.09. The van der Waals surface area contributed by atoms with Crippen LogP contribution in [0.4, 0.5) is 0 Å². The van der Waals surface area contributed by atoms with Crippen LogP contribution >= 0.6 is 11.6 Å². The third kappa shape index (κ3) is 3.16. The molecule has 0 unspecified atom stereocenters. The quantitative estimate of drug-likeness (QED) is 0.538. The molecule has 3 heterocycles. The predicted molar refractivity (Wildman–Crippen MR) is 103 cm³/mol. The first-order valence-electron chi connectivity index (χ1n) is 8.10. The van der Waals surface area contributed by atoms with Crippen molar-refractivity contribution in [1.29, 1.82) is 5.26 Å². The fraction of sp³-hybridized carbons (Fsp3) is 0.0500. The maximum Gasteiger partial charge on any atom is 0.210 e. The Hall–Kier alpha value is -3.56. The van der Waals surface area contributed by atoms with Crippen molar-refractivity contribution in [3.8, 4) is 28.6 Å². The number of rotatable bonds is 2. The van der Waals surface area contributed by atoms with Gasteiger partial charge in [-0.1, -0.05) is 41.9 Å². The van der Waals surface area contributed by atoms with Gasteiger partial charge in [0.15, 0.2) is 11.2 Å². The van der Waals surface area contributed by atoms with Gasteiger partial charge < -0.3 is 4.98 Å². The topological polar surface area (TPSA) is 95.3 Å². The standard InChI is InChI=1S/C20H12ClN5O/c1-11-7-13(8-16(21)23-11)18-17(12-5-3-2-4-6-12)26-20-19(25-18)15(27)9-14(10-22)24-20/h2-9H,1H3,(H,24,26,27). The van der Waals surface area contributed by atoms with Crippen molar-refractivity contribution in [3.05, 3.63) is 75.3 Å². The molecule has 0 fully saturated rings. The molecule has 0 atom stereocenters. The Kier molecular flexibility index (Phi) is 4.15.